The zero-order valence-electron chi connectivity index (χ0n) is 29.7. The molecule has 2 amide bonds. The van der Waals surface area contributed by atoms with Gasteiger partial charge >= 0.3 is 0 Å². The number of morpholine rings is 1. The highest BCUT2D eigenvalue weighted by atomic mass is 32.2. The number of aryl methyl sites for hydroxylation is 2. The van der Waals surface area contributed by atoms with Gasteiger partial charge in [-0.25, -0.2) is 23.1 Å². The number of nitrogens with zero attached hydrogens (tertiary/aromatic N) is 5. The van der Waals surface area contributed by atoms with Crippen LogP contribution in [-0.4, -0.2) is 97.3 Å². The Hall–Kier alpha value is -3.69. The minimum Gasteiger partial charge on any atom is -0.373 e. The molecule has 1 atom stereocenters. The molecule has 11 nitrogen and oxygen atoms in total. The largest absolute Gasteiger partial charge is 0.373 e. The molecule has 4 aromatic heterocycles. The smallest absolute Gasteiger partial charge is 0.274 e. The molecule has 0 spiro atoms. The summed E-state index contributed by atoms with van der Waals surface area (Å²) in [7, 11) is 0.231. The topological polar surface area (TPSA) is 127 Å². The summed E-state index contributed by atoms with van der Waals surface area (Å²) in [6.07, 6.45) is 6.28. The second-order valence-corrected chi connectivity index (χ2v) is 18.1. The maximum Gasteiger partial charge on any atom is 0.274 e. The highest BCUT2D eigenvalue weighted by Crippen LogP contribution is 2.47. The lowest BCUT2D eigenvalue weighted by Crippen LogP contribution is -2.49. The number of amides is 2. The van der Waals surface area contributed by atoms with Crippen molar-refractivity contribution in [3.05, 3.63) is 57.5 Å². The normalized spacial score (nSPS) is 17.5. The molecule has 1 unspecified atom stereocenters. The van der Waals surface area contributed by atoms with E-state index in [2.05, 4.69) is 37.4 Å². The van der Waals surface area contributed by atoms with E-state index in [1.165, 1.54) is 17.8 Å². The van der Waals surface area contributed by atoms with E-state index in [4.69, 9.17) is 9.72 Å². The molecule has 7 rings (SSSR count). The molecule has 1 saturated heterocycles. The molecule has 5 heterocycles. The number of carbonyl (C=O) groups excluding carboxylic acids is 2. The lowest BCUT2D eigenvalue weighted by molar-refractivity contribution is -0.139. The number of carbonyl (C=O) groups is 2. The number of nitrogens with one attached hydrogen (secondary N) is 1. The average molecular weight is 749 g/mol. The summed E-state index contributed by atoms with van der Waals surface area (Å²) in [6.45, 7) is 6.29. The Morgan fingerprint density at radius 2 is 1.82 bits per heavy atom. The van der Waals surface area contributed by atoms with E-state index < -0.39 is 15.9 Å². The Labute approximate surface area is 306 Å². The number of fused-ring (bicyclic) bond motifs is 2. The fourth-order valence-corrected chi connectivity index (χ4v) is 10.2. The van der Waals surface area contributed by atoms with Crippen LogP contribution in [0.3, 0.4) is 0 Å². The van der Waals surface area contributed by atoms with Crippen molar-refractivity contribution < 1.29 is 22.7 Å². The highest BCUT2D eigenvalue weighted by Gasteiger charge is 2.32. The molecule has 270 valence electrons. The Balaban J connectivity index is 1.36. The number of ether oxygens (including phenoxy) is 1. The number of likely N-dealkylation sites (N-methyl/N-ethyl adjacent to an activating group) is 1. The fraction of sp³-hybridized carbons (Fsp3) is 0.459. The quantitative estimate of drug-likeness (QED) is 0.189. The van der Waals surface area contributed by atoms with Crippen LogP contribution >= 0.6 is 22.7 Å². The molecule has 14 heteroatoms. The molecule has 1 aliphatic carbocycles. The summed E-state index contributed by atoms with van der Waals surface area (Å²) in [5.74, 6) is -0.448. The van der Waals surface area contributed by atoms with Crippen LogP contribution in [0.15, 0.2) is 36.4 Å². The van der Waals surface area contributed by atoms with E-state index in [0.29, 0.717) is 31.1 Å². The van der Waals surface area contributed by atoms with Crippen molar-refractivity contribution in [3.63, 3.8) is 0 Å². The monoisotopic (exact) mass is 748 g/mol. The molecule has 1 aromatic carbocycles. The first-order valence-corrected chi connectivity index (χ1v) is 20.9. The third-order valence-corrected chi connectivity index (χ3v) is 12.5. The van der Waals surface area contributed by atoms with E-state index >= 15 is 0 Å². The van der Waals surface area contributed by atoms with Crippen LogP contribution in [0, 0.1) is 13.8 Å². The Kier molecular flexibility index (Phi) is 10.1. The van der Waals surface area contributed by atoms with Crippen molar-refractivity contribution in [1.82, 2.24) is 29.1 Å². The minimum absolute atomic E-state index is 0.0222. The summed E-state index contributed by atoms with van der Waals surface area (Å²) in [4.78, 5) is 42.3. The van der Waals surface area contributed by atoms with Crippen LogP contribution in [0.4, 0.5) is 0 Å². The van der Waals surface area contributed by atoms with Gasteiger partial charge in [-0.05, 0) is 82.1 Å². The third-order valence-electron chi connectivity index (χ3n) is 9.74. The molecule has 5 aromatic rings. The molecule has 1 aliphatic heterocycles. The van der Waals surface area contributed by atoms with Crippen molar-refractivity contribution in [2.45, 2.75) is 64.5 Å². The zero-order chi connectivity index (χ0) is 36.0. The number of sulfonamides is 1. The zero-order valence-corrected chi connectivity index (χ0v) is 32.1. The first-order chi connectivity index (χ1) is 24.3. The molecule has 1 N–H and O–H groups in total. The van der Waals surface area contributed by atoms with Crippen LogP contribution in [0.5, 0.6) is 0 Å². The van der Waals surface area contributed by atoms with Crippen LogP contribution in [0.25, 0.3) is 42.9 Å². The number of benzene rings is 1. The number of thiophene rings is 1. The summed E-state index contributed by atoms with van der Waals surface area (Å²) < 4.78 is 35.2. The Bertz CT molecular complexity index is 2230. The van der Waals surface area contributed by atoms with E-state index in [1.807, 2.05) is 45.0 Å². The average Bonchev–Trinajstić information content (AvgIpc) is 3.75. The van der Waals surface area contributed by atoms with Gasteiger partial charge in [0.1, 0.15) is 6.54 Å². The number of hydrogen-bond donors (Lipinski definition) is 1. The van der Waals surface area contributed by atoms with Gasteiger partial charge in [-0.15, -0.1) is 22.7 Å². The molecule has 0 bridgehead atoms. The minimum atomic E-state index is -3.76. The lowest BCUT2D eigenvalue weighted by atomic mass is 9.83. The SMILES string of the molecule is Cc1nc(C)c(-c2ccc3cc(-c4c(C5CCCCC5)c5sc(C(=O)NS(C)(=O)=O)cc5n4CC(=O)N4CCOC(CN(C)C)C4)ccc3n2)s1. The standard InChI is InChI=1S/C37H44N6O5S3/c1-22-35(49-23(2)38-22)29-14-11-25-17-26(12-13-28(25)39-29)34-33(24-9-7-6-8-10-24)36-30(18-31(50-36)37(45)40-51(5,46)47)43(34)21-32(44)42-15-16-48-27(20-42)19-41(3)4/h11-14,17-18,24,27H,6-10,15-16,19-21H2,1-5H3,(H,40,45). The van der Waals surface area contributed by atoms with Crippen LogP contribution in [-0.2, 0) is 26.1 Å². The number of thiazole rings is 1. The first kappa shape index (κ1) is 35.7. The lowest BCUT2D eigenvalue weighted by Gasteiger charge is -2.34. The number of rotatable bonds is 9. The van der Waals surface area contributed by atoms with Crippen molar-refractivity contribution in [3.8, 4) is 21.8 Å². The van der Waals surface area contributed by atoms with E-state index in [1.54, 1.807) is 17.4 Å². The van der Waals surface area contributed by atoms with Gasteiger partial charge in [0.15, 0.2) is 0 Å². The van der Waals surface area contributed by atoms with Gasteiger partial charge in [0.2, 0.25) is 15.9 Å². The Morgan fingerprint density at radius 1 is 1.04 bits per heavy atom. The predicted molar refractivity (Wildman–Crippen MR) is 204 cm³/mol. The molecule has 1 saturated carbocycles. The fourth-order valence-electron chi connectivity index (χ4n) is 7.59. The van der Waals surface area contributed by atoms with E-state index in [9.17, 15) is 18.0 Å². The van der Waals surface area contributed by atoms with E-state index in [-0.39, 0.29) is 24.5 Å². The summed E-state index contributed by atoms with van der Waals surface area (Å²) >= 11 is 2.95. The molecule has 0 radical (unpaired) electrons. The second kappa shape index (κ2) is 14.4. The number of aromatic nitrogens is 3. The van der Waals surface area contributed by atoms with Gasteiger partial charge in [-0.3, -0.25) is 9.59 Å². The summed E-state index contributed by atoms with van der Waals surface area (Å²) in [6, 6.07) is 12.2. The van der Waals surface area contributed by atoms with Crippen LogP contribution in [0.2, 0.25) is 0 Å². The molecular formula is C37H44N6O5S3. The predicted octanol–water partition coefficient (Wildman–Crippen LogP) is 6.18. The number of pyridine rings is 1. The first-order valence-electron chi connectivity index (χ1n) is 17.4. The van der Waals surface area contributed by atoms with Gasteiger partial charge < -0.3 is 19.1 Å². The maximum absolute atomic E-state index is 14.2. The van der Waals surface area contributed by atoms with Gasteiger partial charge in [0.05, 0.1) is 66.5 Å². The molecule has 51 heavy (non-hydrogen) atoms. The molecular weight excluding hydrogens is 705 g/mol. The summed E-state index contributed by atoms with van der Waals surface area (Å²) in [5, 5.41) is 1.99. The van der Waals surface area contributed by atoms with Gasteiger partial charge in [-0.2, -0.15) is 0 Å². The van der Waals surface area contributed by atoms with Crippen molar-refractivity contribution in [2.24, 2.45) is 0 Å². The van der Waals surface area contributed by atoms with Gasteiger partial charge in [-0.1, -0.05) is 31.4 Å². The summed E-state index contributed by atoms with van der Waals surface area (Å²) in [5.41, 5.74) is 6.60. The van der Waals surface area contributed by atoms with Crippen LogP contribution in [0.1, 0.15) is 64.0 Å². The van der Waals surface area contributed by atoms with Gasteiger partial charge in [0, 0.05) is 25.0 Å². The molecule has 2 aliphatic rings. The van der Waals surface area contributed by atoms with E-state index in [0.717, 1.165) is 91.2 Å². The second-order valence-electron chi connectivity index (χ2n) is 14.1. The number of hydrogen-bond acceptors (Lipinski definition) is 10. The Morgan fingerprint density at radius 3 is 2.53 bits per heavy atom. The van der Waals surface area contributed by atoms with Crippen molar-refractivity contribution >= 4 is 65.6 Å². The van der Waals surface area contributed by atoms with Crippen LogP contribution < -0.4 is 4.72 Å². The van der Waals surface area contributed by atoms with Crippen molar-refractivity contribution in [1.29, 1.82) is 0 Å². The molecule has 2 fully saturated rings. The maximum atomic E-state index is 14.2. The van der Waals surface area contributed by atoms with Gasteiger partial charge in [0.25, 0.3) is 5.91 Å². The third kappa shape index (κ3) is 7.61. The van der Waals surface area contributed by atoms with Crippen molar-refractivity contribution in [2.75, 3.05) is 46.6 Å². The highest BCUT2D eigenvalue weighted by molar-refractivity contribution is 7.89.